The van der Waals surface area contributed by atoms with Gasteiger partial charge in [0.25, 0.3) is 8.32 Å². The van der Waals surface area contributed by atoms with Crippen LogP contribution in [0.4, 0.5) is 0 Å². The van der Waals surface area contributed by atoms with E-state index < -0.39 is 13.9 Å². The van der Waals surface area contributed by atoms with E-state index in [1.54, 1.807) is 0 Å². The van der Waals surface area contributed by atoms with E-state index >= 15 is 0 Å². The van der Waals surface area contributed by atoms with E-state index in [9.17, 15) is 4.79 Å². The van der Waals surface area contributed by atoms with Gasteiger partial charge in [-0.25, -0.2) is 0 Å². The second-order valence-corrected chi connectivity index (χ2v) is 20.4. The van der Waals surface area contributed by atoms with Gasteiger partial charge in [-0.1, -0.05) is 100 Å². The maximum absolute atomic E-state index is 13.3. The Bertz CT molecular complexity index is 1350. The van der Waals surface area contributed by atoms with Gasteiger partial charge in [0.05, 0.1) is 12.1 Å². The van der Waals surface area contributed by atoms with Crippen molar-refractivity contribution in [1.29, 1.82) is 0 Å². The number of ether oxygens (including phenoxy) is 1. The summed E-state index contributed by atoms with van der Waals surface area (Å²) in [5.41, 5.74) is 1.72. The van der Waals surface area contributed by atoms with Crippen molar-refractivity contribution in [3.8, 4) is 0 Å². The molecule has 1 heterocycles. The fourth-order valence-corrected chi connectivity index (χ4v) is 12.1. The molecule has 2 aliphatic rings. The normalized spacial score (nSPS) is 19.8. The standard InChI is InChI=1S/C39H55NO4Si/c1-27(2)23-28-24-31(25-28)37-35(29-19-20-29)36(40-44-37)30(26-34(41)43-38(3,4)5)21-22-42-45(39(6,7)8,32-15-11-9-12-16-32)33-17-13-10-14-18-33/h9-18,27-31H,19-26H2,1-8H3/t28?,30-,31?/m1/s1. The van der Waals surface area contributed by atoms with Gasteiger partial charge in [-0.3, -0.25) is 4.79 Å². The molecule has 6 heteroatoms. The van der Waals surface area contributed by atoms with E-state index in [-0.39, 0.29) is 23.3 Å². The number of carbonyl (C=O) groups excluding carboxylic acids is 1. The molecule has 2 saturated carbocycles. The monoisotopic (exact) mass is 629 g/mol. The topological polar surface area (TPSA) is 61.6 Å². The first-order chi connectivity index (χ1) is 21.3. The van der Waals surface area contributed by atoms with E-state index in [0.29, 0.717) is 24.9 Å². The molecule has 244 valence electrons. The number of esters is 1. The van der Waals surface area contributed by atoms with Crippen LogP contribution in [-0.4, -0.2) is 31.7 Å². The molecule has 0 N–H and O–H groups in total. The number of hydrogen-bond acceptors (Lipinski definition) is 5. The van der Waals surface area contributed by atoms with Gasteiger partial charge >= 0.3 is 5.97 Å². The molecule has 0 spiro atoms. The first-order valence-electron chi connectivity index (χ1n) is 17.2. The Morgan fingerprint density at radius 2 is 1.49 bits per heavy atom. The van der Waals surface area contributed by atoms with Gasteiger partial charge in [0.2, 0.25) is 0 Å². The van der Waals surface area contributed by atoms with E-state index in [1.165, 1.54) is 48.0 Å². The Morgan fingerprint density at radius 3 is 1.98 bits per heavy atom. The molecule has 0 unspecified atom stereocenters. The minimum absolute atomic E-state index is 0.118. The summed E-state index contributed by atoms with van der Waals surface area (Å²) in [5.74, 6) is 3.20. The second kappa shape index (κ2) is 13.6. The van der Waals surface area contributed by atoms with E-state index in [2.05, 4.69) is 95.3 Å². The number of aromatic nitrogens is 1. The number of rotatable bonds is 13. The minimum atomic E-state index is -2.71. The smallest absolute Gasteiger partial charge is 0.306 e. The summed E-state index contributed by atoms with van der Waals surface area (Å²) in [6.07, 6.45) is 6.92. The minimum Gasteiger partial charge on any atom is -0.460 e. The highest BCUT2D eigenvalue weighted by atomic mass is 28.4. The van der Waals surface area contributed by atoms with Gasteiger partial charge in [-0.2, -0.15) is 0 Å². The maximum Gasteiger partial charge on any atom is 0.306 e. The zero-order valence-electron chi connectivity index (χ0n) is 28.9. The summed E-state index contributed by atoms with van der Waals surface area (Å²) in [5, 5.41) is 7.17. The average molecular weight is 630 g/mol. The van der Waals surface area contributed by atoms with Gasteiger partial charge in [0.1, 0.15) is 11.4 Å². The Kier molecular flexibility index (Phi) is 10.1. The molecular formula is C39H55NO4Si. The van der Waals surface area contributed by atoms with E-state index in [1.807, 2.05) is 20.8 Å². The molecule has 5 rings (SSSR count). The van der Waals surface area contributed by atoms with Gasteiger partial charge < -0.3 is 13.7 Å². The van der Waals surface area contributed by atoms with Gasteiger partial charge in [-0.05, 0) is 92.5 Å². The third-order valence-corrected chi connectivity index (χ3v) is 14.6. The molecule has 0 bridgehead atoms. The molecule has 0 aliphatic heterocycles. The highest BCUT2D eigenvalue weighted by molar-refractivity contribution is 6.99. The van der Waals surface area contributed by atoms with Crippen molar-refractivity contribution in [3.63, 3.8) is 0 Å². The third-order valence-electron chi connectivity index (χ3n) is 9.60. The molecule has 0 amide bonds. The largest absolute Gasteiger partial charge is 0.460 e. The average Bonchev–Trinajstić information content (AvgIpc) is 3.69. The molecule has 45 heavy (non-hydrogen) atoms. The first-order valence-corrected chi connectivity index (χ1v) is 19.2. The highest BCUT2D eigenvalue weighted by Crippen LogP contribution is 2.53. The van der Waals surface area contributed by atoms with Gasteiger partial charge in [-0.15, -0.1) is 0 Å². The van der Waals surface area contributed by atoms with Crippen molar-refractivity contribution >= 4 is 24.7 Å². The van der Waals surface area contributed by atoms with Crippen LogP contribution in [0.15, 0.2) is 65.2 Å². The Hall–Kier alpha value is -2.70. The molecule has 2 aliphatic carbocycles. The molecular weight excluding hydrogens is 575 g/mol. The summed E-state index contributed by atoms with van der Waals surface area (Å²) < 4.78 is 19.4. The van der Waals surface area contributed by atoms with Crippen LogP contribution in [0.5, 0.6) is 0 Å². The first kappa shape index (κ1) is 33.7. The molecule has 0 saturated heterocycles. The van der Waals surface area contributed by atoms with Crippen molar-refractivity contribution in [1.82, 2.24) is 5.16 Å². The molecule has 2 fully saturated rings. The SMILES string of the molecule is CC(C)CC1CC(c2onc([C@H](CCO[Si](c3ccccc3)(c3ccccc3)C(C)(C)C)CC(=O)OC(C)(C)C)c2C2CC2)C1. The van der Waals surface area contributed by atoms with Crippen LogP contribution in [0.3, 0.4) is 0 Å². The lowest BCUT2D eigenvalue weighted by Crippen LogP contribution is -2.66. The Labute approximate surface area is 272 Å². The number of carbonyl (C=O) groups is 1. The second-order valence-electron chi connectivity index (χ2n) is 16.1. The lowest BCUT2D eigenvalue weighted by molar-refractivity contribution is -0.155. The summed E-state index contributed by atoms with van der Waals surface area (Å²) in [6.45, 7) is 17.8. The number of benzene rings is 2. The van der Waals surface area contributed by atoms with Gasteiger partial charge in [0.15, 0.2) is 0 Å². The maximum atomic E-state index is 13.3. The van der Waals surface area contributed by atoms with Crippen LogP contribution in [0, 0.1) is 11.8 Å². The fourth-order valence-electron chi connectivity index (χ4n) is 7.54. The van der Waals surface area contributed by atoms with Crippen molar-refractivity contribution < 1.29 is 18.5 Å². The fraction of sp³-hybridized carbons (Fsp3) is 0.590. The molecule has 5 nitrogen and oxygen atoms in total. The summed E-state index contributed by atoms with van der Waals surface area (Å²) >= 11 is 0. The lowest BCUT2D eigenvalue weighted by atomic mass is 9.69. The predicted molar refractivity (Wildman–Crippen MR) is 185 cm³/mol. The third kappa shape index (κ3) is 7.82. The molecule has 1 aromatic heterocycles. The van der Waals surface area contributed by atoms with Gasteiger partial charge in [0, 0.05) is 24.0 Å². The van der Waals surface area contributed by atoms with Crippen LogP contribution in [0.1, 0.15) is 135 Å². The lowest BCUT2D eigenvalue weighted by Gasteiger charge is -2.43. The van der Waals surface area contributed by atoms with Crippen molar-refractivity contribution in [2.75, 3.05) is 6.61 Å². The number of hydrogen-bond donors (Lipinski definition) is 0. The Morgan fingerprint density at radius 1 is 0.911 bits per heavy atom. The summed E-state index contributed by atoms with van der Waals surface area (Å²) in [4.78, 5) is 13.3. The summed E-state index contributed by atoms with van der Waals surface area (Å²) in [6, 6.07) is 21.5. The van der Waals surface area contributed by atoms with Crippen molar-refractivity contribution in [2.24, 2.45) is 11.8 Å². The number of nitrogens with zero attached hydrogens (tertiary/aromatic N) is 1. The van der Waals surface area contributed by atoms with Crippen LogP contribution in [-0.2, 0) is 14.0 Å². The molecule has 1 atom stereocenters. The highest BCUT2D eigenvalue weighted by Gasteiger charge is 2.50. The summed E-state index contributed by atoms with van der Waals surface area (Å²) in [7, 11) is -2.71. The van der Waals surface area contributed by atoms with Crippen LogP contribution >= 0.6 is 0 Å². The molecule has 2 aromatic carbocycles. The van der Waals surface area contributed by atoms with Crippen LogP contribution < -0.4 is 10.4 Å². The van der Waals surface area contributed by atoms with Crippen LogP contribution in [0.25, 0.3) is 0 Å². The molecule has 0 radical (unpaired) electrons. The quantitative estimate of drug-likeness (QED) is 0.140. The van der Waals surface area contributed by atoms with E-state index in [4.69, 9.17) is 18.8 Å². The van der Waals surface area contributed by atoms with Crippen molar-refractivity contribution in [3.05, 3.63) is 77.7 Å². The zero-order valence-corrected chi connectivity index (χ0v) is 29.9. The van der Waals surface area contributed by atoms with E-state index in [0.717, 1.165) is 23.3 Å². The zero-order chi connectivity index (χ0) is 32.4. The van der Waals surface area contributed by atoms with Crippen LogP contribution in [0.2, 0.25) is 5.04 Å². The molecule has 3 aromatic rings. The van der Waals surface area contributed by atoms with Crippen molar-refractivity contribution in [2.45, 2.75) is 129 Å². The predicted octanol–water partition coefficient (Wildman–Crippen LogP) is 8.87. The Balaban J connectivity index is 1.45.